The van der Waals surface area contributed by atoms with E-state index < -0.39 is 0 Å². The molecule has 0 radical (unpaired) electrons. The van der Waals surface area contributed by atoms with Crippen LogP contribution in [0, 0.1) is 0 Å². The number of carbonyl (C=O) groups is 3. The Kier molecular flexibility index (Phi) is 9.60. The second-order valence-corrected chi connectivity index (χ2v) is 9.39. The van der Waals surface area contributed by atoms with Crippen molar-refractivity contribution in [2.75, 3.05) is 55.8 Å². The van der Waals surface area contributed by atoms with Crippen LogP contribution in [0.4, 0.5) is 21.9 Å². The summed E-state index contributed by atoms with van der Waals surface area (Å²) in [6.45, 7) is 6.44. The first-order chi connectivity index (χ1) is 18.9. The molecule has 1 aromatic heterocycles. The molecule has 10 heteroatoms. The van der Waals surface area contributed by atoms with E-state index in [2.05, 4.69) is 20.5 Å². The first kappa shape index (κ1) is 27.7. The Labute approximate surface area is 228 Å². The monoisotopic (exact) mass is 530 g/mol. The topological polar surface area (TPSA) is 130 Å². The number of hydrogen-bond donors (Lipinski definition) is 3. The number of nitrogens with two attached hydrogens (primary N) is 1. The molecule has 3 aromatic rings. The number of pyridine rings is 1. The fourth-order valence-electron chi connectivity index (χ4n) is 4.22. The van der Waals surface area contributed by atoms with Crippen molar-refractivity contribution in [1.29, 1.82) is 0 Å². The number of urea groups is 1. The molecular formula is C29H34N6O4. The lowest BCUT2D eigenvalue weighted by molar-refractivity contribution is 0.0365. The second-order valence-electron chi connectivity index (χ2n) is 9.39. The molecule has 0 atom stereocenters. The van der Waals surface area contributed by atoms with Crippen LogP contribution in [0.3, 0.4) is 0 Å². The van der Waals surface area contributed by atoms with Crippen LogP contribution in [0.25, 0.3) is 0 Å². The number of para-hydroxylation sites is 2. The molecule has 4 N–H and O–H groups in total. The minimum atomic E-state index is -0.367. The summed E-state index contributed by atoms with van der Waals surface area (Å²) in [5.41, 5.74) is 9.13. The number of ether oxygens (including phenoxy) is 1. The first-order valence-electron chi connectivity index (χ1n) is 13.0. The fraction of sp³-hybridized carbons (Fsp3) is 0.310. The molecule has 0 bridgehead atoms. The van der Waals surface area contributed by atoms with Crippen LogP contribution in [0.15, 0.2) is 66.9 Å². The van der Waals surface area contributed by atoms with Crippen molar-refractivity contribution >= 4 is 34.8 Å². The maximum atomic E-state index is 13.2. The Morgan fingerprint density at radius 2 is 1.74 bits per heavy atom. The van der Waals surface area contributed by atoms with Gasteiger partial charge in [-0.2, -0.15) is 0 Å². The van der Waals surface area contributed by atoms with Crippen LogP contribution in [0.2, 0.25) is 0 Å². The average molecular weight is 531 g/mol. The SMILES string of the molecule is CC(=O)c1ccc(NC(=O)N(CCCN2CCOCC2)Cc2ccc(C(=O)Nc3ccccc3N)nc2)cc1. The van der Waals surface area contributed by atoms with Gasteiger partial charge in [0, 0.05) is 50.2 Å². The summed E-state index contributed by atoms with van der Waals surface area (Å²) < 4.78 is 5.42. The van der Waals surface area contributed by atoms with E-state index in [4.69, 9.17) is 10.5 Å². The number of morpholine rings is 1. The van der Waals surface area contributed by atoms with Crippen molar-refractivity contribution in [2.24, 2.45) is 0 Å². The van der Waals surface area contributed by atoms with Gasteiger partial charge in [-0.1, -0.05) is 18.2 Å². The normalized spacial score (nSPS) is 13.5. The van der Waals surface area contributed by atoms with Gasteiger partial charge < -0.3 is 26.0 Å². The number of nitrogen functional groups attached to an aromatic ring is 1. The standard InChI is InChI=1S/C29H34N6O4/c1-21(36)23-8-10-24(11-9-23)32-29(38)35(14-4-13-34-15-17-39-18-16-34)20-22-7-12-27(31-19-22)28(37)33-26-6-3-2-5-25(26)30/h2-3,5-12,19H,4,13-18,20,30H2,1H3,(H,32,38)(H,33,37). The van der Waals surface area contributed by atoms with Gasteiger partial charge in [0.15, 0.2) is 5.78 Å². The van der Waals surface area contributed by atoms with Gasteiger partial charge in [-0.3, -0.25) is 19.5 Å². The van der Waals surface area contributed by atoms with E-state index in [0.717, 1.165) is 44.8 Å². The van der Waals surface area contributed by atoms with Crippen molar-refractivity contribution in [1.82, 2.24) is 14.8 Å². The van der Waals surface area contributed by atoms with Crippen LogP contribution in [-0.2, 0) is 11.3 Å². The molecule has 1 aliphatic rings. The van der Waals surface area contributed by atoms with Gasteiger partial charge in [-0.15, -0.1) is 0 Å². The molecule has 0 spiro atoms. The highest BCUT2D eigenvalue weighted by atomic mass is 16.5. The molecule has 2 heterocycles. The van der Waals surface area contributed by atoms with Gasteiger partial charge in [0.2, 0.25) is 0 Å². The highest BCUT2D eigenvalue weighted by Crippen LogP contribution is 2.18. The zero-order valence-electron chi connectivity index (χ0n) is 22.1. The lowest BCUT2D eigenvalue weighted by atomic mass is 10.1. The first-order valence-corrected chi connectivity index (χ1v) is 13.0. The second kappa shape index (κ2) is 13.5. The maximum absolute atomic E-state index is 13.2. The van der Waals surface area contributed by atoms with Gasteiger partial charge >= 0.3 is 6.03 Å². The number of ketones is 1. The number of nitrogens with one attached hydrogen (secondary N) is 2. The Morgan fingerprint density at radius 3 is 2.41 bits per heavy atom. The minimum absolute atomic E-state index is 0.0329. The summed E-state index contributed by atoms with van der Waals surface area (Å²) in [5.74, 6) is -0.400. The number of nitrogens with zero attached hydrogens (tertiary/aromatic N) is 3. The van der Waals surface area contributed by atoms with Gasteiger partial charge in [0.1, 0.15) is 5.69 Å². The van der Waals surface area contributed by atoms with Gasteiger partial charge in [0.25, 0.3) is 5.91 Å². The molecule has 3 amide bonds. The van der Waals surface area contributed by atoms with Crippen LogP contribution in [0.5, 0.6) is 0 Å². The molecule has 0 aliphatic carbocycles. The molecule has 204 valence electrons. The molecule has 10 nitrogen and oxygen atoms in total. The van der Waals surface area contributed by atoms with E-state index in [1.807, 2.05) is 0 Å². The average Bonchev–Trinajstić information content (AvgIpc) is 2.95. The molecule has 1 aliphatic heterocycles. The van der Waals surface area contributed by atoms with Crippen LogP contribution in [0.1, 0.15) is 39.8 Å². The number of rotatable bonds is 10. The zero-order valence-corrected chi connectivity index (χ0v) is 22.1. The Balaban J connectivity index is 1.41. The van der Waals surface area contributed by atoms with Gasteiger partial charge in [-0.25, -0.2) is 4.79 Å². The summed E-state index contributed by atoms with van der Waals surface area (Å²) in [6, 6.07) is 17.0. The van der Waals surface area contributed by atoms with E-state index in [1.165, 1.54) is 6.92 Å². The Hall–Kier alpha value is -4.28. The van der Waals surface area contributed by atoms with E-state index in [0.29, 0.717) is 35.7 Å². The molecular weight excluding hydrogens is 496 g/mol. The number of hydrogen-bond acceptors (Lipinski definition) is 7. The lowest BCUT2D eigenvalue weighted by Crippen LogP contribution is -2.40. The summed E-state index contributed by atoms with van der Waals surface area (Å²) in [7, 11) is 0. The molecule has 4 rings (SSSR count). The number of Topliss-reactive ketones (excluding diaryl/α,β-unsaturated/α-hetero) is 1. The number of amides is 3. The number of benzene rings is 2. The Bertz CT molecular complexity index is 1270. The predicted molar refractivity (Wildman–Crippen MR) is 151 cm³/mol. The van der Waals surface area contributed by atoms with Crippen molar-refractivity contribution < 1.29 is 19.1 Å². The predicted octanol–water partition coefficient (Wildman–Crippen LogP) is 3.88. The van der Waals surface area contributed by atoms with Crippen molar-refractivity contribution in [2.45, 2.75) is 19.9 Å². The molecule has 0 saturated carbocycles. The van der Waals surface area contributed by atoms with E-state index in [9.17, 15) is 14.4 Å². The number of aromatic nitrogens is 1. The third-order valence-electron chi connectivity index (χ3n) is 6.48. The van der Waals surface area contributed by atoms with E-state index >= 15 is 0 Å². The minimum Gasteiger partial charge on any atom is -0.397 e. The lowest BCUT2D eigenvalue weighted by Gasteiger charge is -2.28. The Morgan fingerprint density at radius 1 is 1.00 bits per heavy atom. The largest absolute Gasteiger partial charge is 0.397 e. The smallest absolute Gasteiger partial charge is 0.322 e. The van der Waals surface area contributed by atoms with Gasteiger partial charge in [-0.05, 0) is 61.4 Å². The van der Waals surface area contributed by atoms with Crippen molar-refractivity contribution in [3.8, 4) is 0 Å². The highest BCUT2D eigenvalue weighted by molar-refractivity contribution is 6.04. The molecule has 0 unspecified atom stereocenters. The fourth-order valence-corrected chi connectivity index (χ4v) is 4.22. The molecule has 1 saturated heterocycles. The van der Waals surface area contributed by atoms with Crippen LogP contribution in [-0.4, -0.2) is 71.9 Å². The van der Waals surface area contributed by atoms with E-state index in [-0.39, 0.29) is 23.4 Å². The molecule has 2 aromatic carbocycles. The van der Waals surface area contributed by atoms with E-state index in [1.54, 1.807) is 71.8 Å². The summed E-state index contributed by atoms with van der Waals surface area (Å²) >= 11 is 0. The van der Waals surface area contributed by atoms with Crippen molar-refractivity contribution in [3.63, 3.8) is 0 Å². The molecule has 39 heavy (non-hydrogen) atoms. The number of anilines is 3. The number of carbonyl (C=O) groups excluding carboxylic acids is 3. The zero-order chi connectivity index (χ0) is 27.6. The van der Waals surface area contributed by atoms with Crippen LogP contribution >= 0.6 is 0 Å². The third-order valence-corrected chi connectivity index (χ3v) is 6.48. The van der Waals surface area contributed by atoms with Gasteiger partial charge in [0.05, 0.1) is 24.6 Å². The van der Waals surface area contributed by atoms with Crippen molar-refractivity contribution in [3.05, 3.63) is 83.7 Å². The van der Waals surface area contributed by atoms with Crippen LogP contribution < -0.4 is 16.4 Å². The summed E-state index contributed by atoms with van der Waals surface area (Å²) in [6.07, 6.45) is 2.40. The summed E-state index contributed by atoms with van der Waals surface area (Å²) in [4.78, 5) is 45.8. The quantitative estimate of drug-likeness (QED) is 0.268. The molecule has 1 fully saturated rings. The maximum Gasteiger partial charge on any atom is 0.322 e. The third kappa shape index (κ3) is 8.10. The highest BCUT2D eigenvalue weighted by Gasteiger charge is 2.17. The summed E-state index contributed by atoms with van der Waals surface area (Å²) in [5, 5.41) is 5.69.